The van der Waals surface area contributed by atoms with Crippen molar-refractivity contribution in [3.8, 4) is 0 Å². The summed E-state index contributed by atoms with van der Waals surface area (Å²) in [4.78, 5) is 10.8. The van der Waals surface area contributed by atoms with E-state index in [-0.39, 0.29) is 11.8 Å². The normalized spacial score (nSPS) is 13.7. The van der Waals surface area contributed by atoms with Crippen LogP contribution in [0.4, 0.5) is 4.79 Å². The standard InChI is InChI=1S/C16H34N2O3S/c1-2-3-4-5-6-7-8-9-10-11-12-13-15(14-22(20)21)18-16(17)19/h15H,2-14H2,1H3,(H,20,21)(H3,17,18,19)/p-1. The molecule has 5 nitrogen and oxygen atoms in total. The molecule has 22 heavy (non-hydrogen) atoms. The van der Waals surface area contributed by atoms with Crippen molar-refractivity contribution in [3.63, 3.8) is 0 Å². The number of amides is 2. The van der Waals surface area contributed by atoms with Crippen molar-refractivity contribution in [2.24, 2.45) is 5.73 Å². The van der Waals surface area contributed by atoms with Crippen molar-refractivity contribution in [2.45, 2.75) is 90.0 Å². The molecule has 6 heteroatoms. The number of carbonyl (C=O) groups is 1. The summed E-state index contributed by atoms with van der Waals surface area (Å²) in [5, 5.41) is 2.49. The molecule has 2 atom stereocenters. The molecule has 0 bridgehead atoms. The largest absolute Gasteiger partial charge is 0.772 e. The van der Waals surface area contributed by atoms with Crippen molar-refractivity contribution in [1.29, 1.82) is 0 Å². The highest BCUT2D eigenvalue weighted by atomic mass is 32.2. The third kappa shape index (κ3) is 15.8. The van der Waals surface area contributed by atoms with Crippen LogP contribution in [0.1, 0.15) is 84.0 Å². The van der Waals surface area contributed by atoms with E-state index in [1.165, 1.54) is 57.8 Å². The number of primary amides is 1. The van der Waals surface area contributed by atoms with Crippen LogP contribution in [0.15, 0.2) is 0 Å². The van der Waals surface area contributed by atoms with Gasteiger partial charge in [-0.1, -0.05) is 88.6 Å². The molecule has 0 saturated carbocycles. The smallest absolute Gasteiger partial charge is 0.312 e. The van der Waals surface area contributed by atoms with E-state index in [9.17, 15) is 13.6 Å². The van der Waals surface area contributed by atoms with Crippen molar-refractivity contribution >= 4 is 17.1 Å². The molecule has 2 amide bonds. The summed E-state index contributed by atoms with van der Waals surface area (Å²) in [6.45, 7) is 2.23. The van der Waals surface area contributed by atoms with Crippen LogP contribution in [0.25, 0.3) is 0 Å². The Hall–Kier alpha value is -0.620. The lowest BCUT2D eigenvalue weighted by atomic mass is 10.0. The summed E-state index contributed by atoms with van der Waals surface area (Å²) >= 11 is -2.15. The van der Waals surface area contributed by atoms with Gasteiger partial charge in [0.2, 0.25) is 0 Å². The molecule has 3 N–H and O–H groups in total. The summed E-state index contributed by atoms with van der Waals surface area (Å²) < 4.78 is 21.4. The molecular weight excluding hydrogens is 300 g/mol. The Morgan fingerprint density at radius 3 is 1.86 bits per heavy atom. The number of carbonyl (C=O) groups excluding carboxylic acids is 1. The molecule has 0 aromatic heterocycles. The molecule has 0 aromatic carbocycles. The van der Waals surface area contributed by atoms with Crippen LogP contribution < -0.4 is 11.1 Å². The number of rotatable bonds is 15. The Bertz CT molecular complexity index is 285. The molecule has 0 spiro atoms. The summed E-state index contributed by atoms with van der Waals surface area (Å²) in [6.07, 6.45) is 14.5. The second kappa shape index (κ2) is 15.3. The van der Waals surface area contributed by atoms with E-state index in [2.05, 4.69) is 12.2 Å². The van der Waals surface area contributed by atoms with Gasteiger partial charge in [0, 0.05) is 11.8 Å². The first kappa shape index (κ1) is 21.4. The number of nitrogens with two attached hydrogens (primary N) is 1. The van der Waals surface area contributed by atoms with Gasteiger partial charge < -0.3 is 15.6 Å². The molecule has 0 aromatic rings. The Balaban J connectivity index is 3.45. The van der Waals surface area contributed by atoms with E-state index >= 15 is 0 Å². The van der Waals surface area contributed by atoms with Gasteiger partial charge in [-0.15, -0.1) is 0 Å². The molecule has 132 valence electrons. The maximum atomic E-state index is 10.8. The molecule has 0 radical (unpaired) electrons. The van der Waals surface area contributed by atoms with Crippen molar-refractivity contribution in [1.82, 2.24) is 5.32 Å². The third-order valence-corrected chi connectivity index (χ3v) is 4.51. The molecule has 0 aliphatic carbocycles. The maximum Gasteiger partial charge on any atom is 0.312 e. The monoisotopic (exact) mass is 333 g/mol. The Kier molecular flexibility index (Phi) is 14.9. The third-order valence-electron chi connectivity index (χ3n) is 3.84. The molecule has 0 rings (SSSR count). The highest BCUT2D eigenvalue weighted by molar-refractivity contribution is 7.79. The van der Waals surface area contributed by atoms with E-state index in [1.807, 2.05) is 0 Å². The molecule has 0 heterocycles. The van der Waals surface area contributed by atoms with Crippen LogP contribution >= 0.6 is 0 Å². The molecule has 0 fully saturated rings. The second-order valence-corrected chi connectivity index (χ2v) is 6.94. The number of hydrogen-bond donors (Lipinski definition) is 2. The van der Waals surface area contributed by atoms with Gasteiger partial charge in [0.15, 0.2) is 0 Å². The highest BCUT2D eigenvalue weighted by Crippen LogP contribution is 2.12. The van der Waals surface area contributed by atoms with Gasteiger partial charge in [-0.25, -0.2) is 4.79 Å². The minimum Gasteiger partial charge on any atom is -0.772 e. The average molecular weight is 334 g/mol. The molecular formula is C16H33N2O3S-. The van der Waals surface area contributed by atoms with Gasteiger partial charge in [0.05, 0.1) is 0 Å². The minimum absolute atomic E-state index is 0.0549. The first-order chi connectivity index (χ1) is 10.6. The number of unbranched alkanes of at least 4 members (excludes halogenated alkanes) is 10. The summed E-state index contributed by atoms with van der Waals surface area (Å²) in [5.41, 5.74) is 5.05. The minimum atomic E-state index is -2.15. The van der Waals surface area contributed by atoms with Gasteiger partial charge in [0.1, 0.15) is 0 Å². The fraction of sp³-hybridized carbons (Fsp3) is 0.938. The first-order valence-electron chi connectivity index (χ1n) is 8.68. The van der Waals surface area contributed by atoms with Crippen LogP contribution in [0.3, 0.4) is 0 Å². The summed E-state index contributed by atoms with van der Waals surface area (Å²) in [6, 6.07) is -1.01. The molecule has 0 saturated heterocycles. The molecule has 2 unspecified atom stereocenters. The van der Waals surface area contributed by atoms with Crippen LogP contribution in [0, 0.1) is 0 Å². The quantitative estimate of drug-likeness (QED) is 0.354. The van der Waals surface area contributed by atoms with Gasteiger partial charge in [-0.2, -0.15) is 0 Å². The Labute approximate surface area is 138 Å². The fourth-order valence-corrected chi connectivity index (χ4v) is 3.20. The van der Waals surface area contributed by atoms with E-state index in [0.717, 1.165) is 12.8 Å². The number of hydrogen-bond acceptors (Lipinski definition) is 3. The van der Waals surface area contributed by atoms with Crippen LogP contribution in [0.5, 0.6) is 0 Å². The summed E-state index contributed by atoms with van der Waals surface area (Å²) in [7, 11) is 0. The van der Waals surface area contributed by atoms with E-state index in [0.29, 0.717) is 6.42 Å². The lowest BCUT2D eigenvalue weighted by molar-refractivity contribution is 0.245. The lowest BCUT2D eigenvalue weighted by Gasteiger charge is -2.18. The molecule has 0 aliphatic rings. The van der Waals surface area contributed by atoms with Crippen LogP contribution in [-0.2, 0) is 11.1 Å². The highest BCUT2D eigenvalue weighted by Gasteiger charge is 2.10. The topological polar surface area (TPSA) is 95.2 Å². The summed E-state index contributed by atoms with van der Waals surface area (Å²) in [5.74, 6) is -0.0549. The number of urea groups is 1. The van der Waals surface area contributed by atoms with Gasteiger partial charge in [-0.05, 0) is 6.42 Å². The van der Waals surface area contributed by atoms with Crippen LogP contribution in [-0.4, -0.2) is 26.6 Å². The van der Waals surface area contributed by atoms with Crippen molar-refractivity contribution in [2.75, 3.05) is 5.75 Å². The predicted molar refractivity (Wildman–Crippen MR) is 91.4 cm³/mol. The zero-order chi connectivity index (χ0) is 16.6. The van der Waals surface area contributed by atoms with Gasteiger partial charge in [-0.3, -0.25) is 4.21 Å². The van der Waals surface area contributed by atoms with Gasteiger partial charge in [0.25, 0.3) is 0 Å². The van der Waals surface area contributed by atoms with Gasteiger partial charge >= 0.3 is 6.03 Å². The van der Waals surface area contributed by atoms with Crippen LogP contribution in [0.2, 0.25) is 0 Å². The van der Waals surface area contributed by atoms with E-state index in [1.54, 1.807) is 0 Å². The van der Waals surface area contributed by atoms with E-state index < -0.39 is 17.1 Å². The Morgan fingerprint density at radius 2 is 1.45 bits per heavy atom. The maximum absolute atomic E-state index is 10.8. The average Bonchev–Trinajstić information content (AvgIpc) is 2.43. The Morgan fingerprint density at radius 1 is 1.00 bits per heavy atom. The fourth-order valence-electron chi connectivity index (χ4n) is 2.62. The predicted octanol–water partition coefficient (Wildman–Crippen LogP) is 3.60. The SMILES string of the molecule is CCCCCCCCCCCCCC(CS(=O)[O-])NC(N)=O. The van der Waals surface area contributed by atoms with Crippen molar-refractivity contribution in [3.05, 3.63) is 0 Å². The zero-order valence-corrected chi connectivity index (χ0v) is 14.8. The lowest BCUT2D eigenvalue weighted by Crippen LogP contribution is -2.41. The zero-order valence-electron chi connectivity index (χ0n) is 14.0. The molecule has 0 aliphatic heterocycles. The van der Waals surface area contributed by atoms with Crippen molar-refractivity contribution < 1.29 is 13.6 Å². The first-order valence-corrected chi connectivity index (χ1v) is 9.92. The number of nitrogens with one attached hydrogen (secondary N) is 1. The van der Waals surface area contributed by atoms with E-state index in [4.69, 9.17) is 5.73 Å². The second-order valence-electron chi connectivity index (χ2n) is 6.00.